The van der Waals surface area contributed by atoms with Crippen LogP contribution in [-0.4, -0.2) is 35.5 Å². The number of hydrogen-bond donors (Lipinski definition) is 2. The molecule has 1 saturated carbocycles. The van der Waals surface area contributed by atoms with Gasteiger partial charge < -0.3 is 15.4 Å². The van der Waals surface area contributed by atoms with Crippen LogP contribution in [-0.2, 0) is 9.53 Å². The normalized spacial score (nSPS) is 19.6. The van der Waals surface area contributed by atoms with E-state index in [9.17, 15) is 19.7 Å². The lowest BCUT2D eigenvalue weighted by Gasteiger charge is -2.30. The molecule has 0 bridgehead atoms. The summed E-state index contributed by atoms with van der Waals surface area (Å²) >= 11 is 0. The van der Waals surface area contributed by atoms with Gasteiger partial charge in [0.2, 0.25) is 0 Å². The number of carbonyl (C=O) groups is 2. The van der Waals surface area contributed by atoms with Gasteiger partial charge in [-0.1, -0.05) is 6.42 Å². The van der Waals surface area contributed by atoms with Gasteiger partial charge in [-0.25, -0.2) is 0 Å². The first-order chi connectivity index (χ1) is 13.1. The van der Waals surface area contributed by atoms with Crippen molar-refractivity contribution in [3.63, 3.8) is 0 Å². The number of nitro benzene ring substituents is 1. The zero-order valence-electron chi connectivity index (χ0n) is 16.9. The monoisotopic (exact) mass is 391 g/mol. The topological polar surface area (TPSA) is 111 Å². The van der Waals surface area contributed by atoms with Gasteiger partial charge in [-0.15, -0.1) is 0 Å². The first kappa shape index (κ1) is 21.7. The van der Waals surface area contributed by atoms with E-state index < -0.39 is 10.5 Å². The smallest absolute Gasteiger partial charge is 0.306 e. The molecule has 2 N–H and O–H groups in total. The van der Waals surface area contributed by atoms with Crippen LogP contribution in [0.1, 0.15) is 63.2 Å². The summed E-state index contributed by atoms with van der Waals surface area (Å²) in [5.41, 5.74) is -0.00146. The minimum atomic E-state index is -0.503. The molecule has 2 atom stereocenters. The average Bonchev–Trinajstić information content (AvgIpc) is 2.59. The van der Waals surface area contributed by atoms with Crippen LogP contribution in [0, 0.1) is 16.0 Å². The standard InChI is InChI=1S/C20H29N3O5/c1-20(2,3)28-18(24)11-13-6-5-7-15(10-13)22-16-9-8-14(19(25)21-4)12-17(16)23(26)27/h8-9,12-13,15,22H,5-7,10-11H2,1-4H3,(H,21,25)/t13-,15+/m1/s1. The summed E-state index contributed by atoms with van der Waals surface area (Å²) in [6.07, 6.45) is 3.85. The van der Waals surface area contributed by atoms with Gasteiger partial charge in [0.25, 0.3) is 11.6 Å². The fourth-order valence-electron chi connectivity index (χ4n) is 3.54. The zero-order chi connectivity index (χ0) is 20.9. The van der Waals surface area contributed by atoms with Gasteiger partial charge in [-0.2, -0.15) is 0 Å². The molecule has 1 aromatic carbocycles. The van der Waals surface area contributed by atoms with Crippen LogP contribution in [0.2, 0.25) is 0 Å². The number of nitrogens with one attached hydrogen (secondary N) is 2. The van der Waals surface area contributed by atoms with E-state index in [0.717, 1.165) is 25.7 Å². The van der Waals surface area contributed by atoms with Crippen molar-refractivity contribution in [2.45, 2.75) is 64.5 Å². The Kier molecular flexibility index (Phi) is 6.99. The van der Waals surface area contributed by atoms with Gasteiger partial charge in [-0.3, -0.25) is 19.7 Å². The number of carbonyl (C=O) groups excluding carboxylic acids is 2. The molecule has 1 amide bonds. The molecule has 1 aromatic rings. The zero-order valence-corrected chi connectivity index (χ0v) is 16.9. The van der Waals surface area contributed by atoms with E-state index >= 15 is 0 Å². The first-order valence-electron chi connectivity index (χ1n) is 9.58. The molecule has 2 rings (SSSR count). The van der Waals surface area contributed by atoms with Crippen LogP contribution in [0.5, 0.6) is 0 Å². The minimum absolute atomic E-state index is 0.0331. The van der Waals surface area contributed by atoms with Crippen molar-refractivity contribution in [1.82, 2.24) is 5.32 Å². The van der Waals surface area contributed by atoms with Crippen LogP contribution in [0.15, 0.2) is 18.2 Å². The molecule has 1 fully saturated rings. The maximum absolute atomic E-state index is 12.1. The summed E-state index contributed by atoms with van der Waals surface area (Å²) in [7, 11) is 1.48. The Morgan fingerprint density at radius 1 is 1.29 bits per heavy atom. The van der Waals surface area contributed by atoms with E-state index in [1.165, 1.54) is 13.1 Å². The Morgan fingerprint density at radius 2 is 2.00 bits per heavy atom. The summed E-state index contributed by atoms with van der Waals surface area (Å²) in [5, 5.41) is 17.1. The fraction of sp³-hybridized carbons (Fsp3) is 0.600. The SMILES string of the molecule is CNC(=O)c1ccc(N[C@H]2CCC[C@@H](CC(=O)OC(C)(C)C)C2)c([N+](=O)[O-])c1. The summed E-state index contributed by atoms with van der Waals surface area (Å²) < 4.78 is 5.40. The summed E-state index contributed by atoms with van der Waals surface area (Å²) in [6, 6.07) is 4.45. The second kappa shape index (κ2) is 9.03. The average molecular weight is 391 g/mol. The molecule has 1 aliphatic rings. The van der Waals surface area contributed by atoms with E-state index in [0.29, 0.717) is 12.1 Å². The summed E-state index contributed by atoms with van der Waals surface area (Å²) in [5.74, 6) is -0.394. The molecule has 0 spiro atoms. The van der Waals surface area contributed by atoms with E-state index in [-0.39, 0.29) is 35.1 Å². The molecule has 0 aromatic heterocycles. The van der Waals surface area contributed by atoms with Gasteiger partial charge in [0, 0.05) is 31.1 Å². The van der Waals surface area contributed by atoms with Crippen molar-refractivity contribution >= 4 is 23.3 Å². The molecular weight excluding hydrogens is 362 g/mol. The van der Waals surface area contributed by atoms with E-state index in [2.05, 4.69) is 10.6 Å². The Morgan fingerprint density at radius 3 is 2.61 bits per heavy atom. The highest BCUT2D eigenvalue weighted by Crippen LogP contribution is 2.33. The molecule has 8 heteroatoms. The van der Waals surface area contributed by atoms with Crippen molar-refractivity contribution in [1.29, 1.82) is 0 Å². The van der Waals surface area contributed by atoms with Gasteiger partial charge in [0.05, 0.1) is 4.92 Å². The second-order valence-electron chi connectivity index (χ2n) is 8.23. The Balaban J connectivity index is 2.05. The predicted octanol–water partition coefficient (Wildman–Crippen LogP) is 3.66. The third-order valence-corrected chi connectivity index (χ3v) is 4.70. The third kappa shape index (κ3) is 6.21. The molecular formula is C20H29N3O5. The predicted molar refractivity (Wildman–Crippen MR) is 106 cm³/mol. The minimum Gasteiger partial charge on any atom is -0.460 e. The van der Waals surface area contributed by atoms with Crippen molar-refractivity contribution in [3.8, 4) is 0 Å². The number of benzene rings is 1. The molecule has 28 heavy (non-hydrogen) atoms. The fourth-order valence-corrected chi connectivity index (χ4v) is 3.54. The molecule has 0 heterocycles. The lowest BCUT2D eigenvalue weighted by Crippen LogP contribution is -2.31. The number of amides is 1. The number of anilines is 1. The highest BCUT2D eigenvalue weighted by molar-refractivity contribution is 5.95. The number of nitrogens with zero attached hydrogens (tertiary/aromatic N) is 1. The lowest BCUT2D eigenvalue weighted by molar-refractivity contribution is -0.384. The highest BCUT2D eigenvalue weighted by Gasteiger charge is 2.28. The van der Waals surface area contributed by atoms with Crippen LogP contribution < -0.4 is 10.6 Å². The number of ether oxygens (including phenoxy) is 1. The second-order valence-corrected chi connectivity index (χ2v) is 8.23. The van der Waals surface area contributed by atoms with Gasteiger partial charge >= 0.3 is 5.97 Å². The Bertz CT molecular complexity index is 742. The van der Waals surface area contributed by atoms with E-state index in [1.54, 1.807) is 12.1 Å². The van der Waals surface area contributed by atoms with Crippen molar-refractivity contribution in [3.05, 3.63) is 33.9 Å². The highest BCUT2D eigenvalue weighted by atomic mass is 16.6. The Labute approximate surface area is 165 Å². The molecule has 1 aliphatic carbocycles. The largest absolute Gasteiger partial charge is 0.460 e. The lowest BCUT2D eigenvalue weighted by atomic mass is 9.83. The van der Waals surface area contributed by atoms with Crippen LogP contribution in [0.3, 0.4) is 0 Å². The molecule has 0 aliphatic heterocycles. The number of nitro groups is 1. The quantitative estimate of drug-likeness (QED) is 0.435. The maximum Gasteiger partial charge on any atom is 0.306 e. The van der Waals surface area contributed by atoms with Crippen LogP contribution >= 0.6 is 0 Å². The molecule has 154 valence electrons. The molecule has 0 radical (unpaired) electrons. The first-order valence-corrected chi connectivity index (χ1v) is 9.58. The Hall–Kier alpha value is -2.64. The number of hydrogen-bond acceptors (Lipinski definition) is 6. The van der Waals surface area contributed by atoms with Crippen LogP contribution in [0.25, 0.3) is 0 Å². The number of rotatable bonds is 6. The molecule has 0 saturated heterocycles. The molecule has 8 nitrogen and oxygen atoms in total. The van der Waals surface area contributed by atoms with E-state index in [4.69, 9.17) is 4.74 Å². The molecule has 0 unspecified atom stereocenters. The number of esters is 1. The maximum atomic E-state index is 12.1. The van der Waals surface area contributed by atoms with Crippen LogP contribution in [0.4, 0.5) is 11.4 Å². The van der Waals surface area contributed by atoms with Crippen molar-refractivity contribution in [2.24, 2.45) is 5.92 Å². The van der Waals surface area contributed by atoms with Gasteiger partial charge in [-0.05, 0) is 58.1 Å². The van der Waals surface area contributed by atoms with Gasteiger partial charge in [0.15, 0.2) is 0 Å². The van der Waals surface area contributed by atoms with Crippen molar-refractivity contribution < 1.29 is 19.2 Å². The van der Waals surface area contributed by atoms with Crippen molar-refractivity contribution in [2.75, 3.05) is 12.4 Å². The van der Waals surface area contributed by atoms with Gasteiger partial charge in [0.1, 0.15) is 11.3 Å². The third-order valence-electron chi connectivity index (χ3n) is 4.70. The summed E-state index contributed by atoms with van der Waals surface area (Å²) in [4.78, 5) is 34.8. The summed E-state index contributed by atoms with van der Waals surface area (Å²) in [6.45, 7) is 5.53. The van der Waals surface area contributed by atoms with E-state index in [1.807, 2.05) is 20.8 Å².